The van der Waals surface area contributed by atoms with E-state index in [0.29, 0.717) is 6.08 Å². The van der Waals surface area contributed by atoms with Crippen molar-refractivity contribution in [3.63, 3.8) is 0 Å². The molecule has 4 nitrogen and oxygen atoms in total. The molecule has 1 atom stereocenters. The summed E-state index contributed by atoms with van der Waals surface area (Å²) in [6, 6.07) is 0. The first-order valence-electron chi connectivity index (χ1n) is 5.98. The van der Waals surface area contributed by atoms with E-state index in [0.717, 1.165) is 0 Å². The number of carbonyl (C=O) groups excluding carboxylic acids is 2. The van der Waals surface area contributed by atoms with Crippen LogP contribution < -0.4 is 5.11 Å². The van der Waals surface area contributed by atoms with Crippen molar-refractivity contribution < 1.29 is 45.8 Å². The van der Waals surface area contributed by atoms with Gasteiger partial charge in [0.15, 0.2) is 5.92 Å². The largest absolute Gasteiger partial charge is 0.545 e. The molecular formula is C12H13F6O4-. The van der Waals surface area contributed by atoms with Gasteiger partial charge in [0.25, 0.3) is 0 Å². The zero-order valence-electron chi connectivity index (χ0n) is 11.5. The van der Waals surface area contributed by atoms with E-state index >= 15 is 0 Å². The van der Waals surface area contributed by atoms with Gasteiger partial charge in [-0.1, -0.05) is 13.8 Å². The normalized spacial score (nSPS) is 14.6. The van der Waals surface area contributed by atoms with Crippen molar-refractivity contribution in [1.82, 2.24) is 0 Å². The van der Waals surface area contributed by atoms with Gasteiger partial charge in [-0.05, 0) is 12.0 Å². The first kappa shape index (κ1) is 20.3. The number of aliphatic carboxylic acids is 1. The van der Waals surface area contributed by atoms with Crippen molar-refractivity contribution in [1.29, 1.82) is 0 Å². The zero-order chi connectivity index (χ0) is 17.7. The average Bonchev–Trinajstić information content (AvgIpc) is 2.27. The Kier molecular flexibility index (Phi) is 6.91. The van der Waals surface area contributed by atoms with Crippen LogP contribution in [0.2, 0.25) is 0 Å². The molecular weight excluding hydrogens is 322 g/mol. The van der Waals surface area contributed by atoms with Crippen molar-refractivity contribution in [2.45, 2.75) is 38.7 Å². The van der Waals surface area contributed by atoms with Crippen LogP contribution in [-0.2, 0) is 14.3 Å². The van der Waals surface area contributed by atoms with Crippen molar-refractivity contribution >= 4 is 11.9 Å². The van der Waals surface area contributed by atoms with Crippen LogP contribution in [-0.4, -0.2) is 30.4 Å². The number of hydrogen-bond acceptors (Lipinski definition) is 4. The number of alkyl halides is 6. The van der Waals surface area contributed by atoms with E-state index < -0.39 is 48.7 Å². The molecule has 10 heteroatoms. The van der Waals surface area contributed by atoms with Crippen LogP contribution in [0.5, 0.6) is 0 Å². The fraction of sp³-hybridized carbons (Fsp3) is 0.667. The van der Waals surface area contributed by atoms with Crippen LogP contribution in [0.3, 0.4) is 0 Å². The number of hydrogen-bond donors (Lipinski definition) is 0. The van der Waals surface area contributed by atoms with Crippen LogP contribution in [0.1, 0.15) is 20.3 Å². The smallest absolute Gasteiger partial charge is 0.400 e. The quantitative estimate of drug-likeness (QED) is 0.423. The molecule has 0 aromatic heterocycles. The van der Waals surface area contributed by atoms with Crippen LogP contribution in [0.25, 0.3) is 0 Å². The Bertz CT molecular complexity index is 410. The third kappa shape index (κ3) is 7.32. The molecule has 0 aliphatic carbocycles. The zero-order valence-corrected chi connectivity index (χ0v) is 11.5. The summed E-state index contributed by atoms with van der Waals surface area (Å²) >= 11 is 0. The van der Waals surface area contributed by atoms with E-state index in [-0.39, 0.29) is 6.08 Å². The highest BCUT2D eigenvalue weighted by atomic mass is 19.4. The molecule has 0 heterocycles. The fourth-order valence-corrected chi connectivity index (χ4v) is 1.47. The predicted octanol–water partition coefficient (Wildman–Crippen LogP) is 1.99. The number of carbonyl (C=O) groups is 2. The van der Waals surface area contributed by atoms with Crippen molar-refractivity contribution in [2.24, 2.45) is 11.8 Å². The van der Waals surface area contributed by atoms with Crippen LogP contribution in [0, 0.1) is 11.8 Å². The first-order valence-corrected chi connectivity index (χ1v) is 5.98. The molecule has 0 aliphatic rings. The van der Waals surface area contributed by atoms with Crippen LogP contribution >= 0.6 is 0 Å². The summed E-state index contributed by atoms with van der Waals surface area (Å²) in [7, 11) is 0. The summed E-state index contributed by atoms with van der Waals surface area (Å²) in [5.41, 5.74) is 0. The van der Waals surface area contributed by atoms with Crippen molar-refractivity contribution in [3.05, 3.63) is 12.2 Å². The molecule has 128 valence electrons. The molecule has 0 aliphatic heterocycles. The Morgan fingerprint density at radius 1 is 1.05 bits per heavy atom. The fourth-order valence-electron chi connectivity index (χ4n) is 1.47. The minimum absolute atomic E-state index is 0.255. The molecule has 0 saturated carbocycles. The maximum Gasteiger partial charge on any atom is 0.400 e. The third-order valence-corrected chi connectivity index (χ3v) is 2.62. The van der Waals surface area contributed by atoms with Gasteiger partial charge in [-0.25, -0.2) is 4.79 Å². The van der Waals surface area contributed by atoms with Gasteiger partial charge >= 0.3 is 18.3 Å². The molecule has 0 N–H and O–H groups in total. The maximum atomic E-state index is 12.5. The highest BCUT2D eigenvalue weighted by Gasteiger charge is 2.57. The summed E-state index contributed by atoms with van der Waals surface area (Å²) in [5.74, 6) is -7.62. The van der Waals surface area contributed by atoms with Crippen molar-refractivity contribution in [2.75, 3.05) is 0 Å². The summed E-state index contributed by atoms with van der Waals surface area (Å²) < 4.78 is 79.3. The summed E-state index contributed by atoms with van der Waals surface area (Å²) in [4.78, 5) is 21.2. The second kappa shape index (κ2) is 7.50. The molecule has 1 unspecified atom stereocenters. The van der Waals surface area contributed by atoms with Crippen LogP contribution in [0.15, 0.2) is 12.2 Å². The van der Waals surface area contributed by atoms with E-state index in [1.165, 1.54) is 13.8 Å². The second-order valence-corrected chi connectivity index (χ2v) is 4.74. The Balaban J connectivity index is 5.11. The maximum absolute atomic E-state index is 12.5. The standard InChI is InChI=1S/C12H14F6O4/c1-6(2)7(22-10(21)4-3-9(19)20)5-8(11(13,14)15)12(16,17)18/h3-4,6-8H,5H2,1-2H3,(H,19,20)/p-1/b4-3+. The molecule has 0 radical (unpaired) electrons. The second-order valence-electron chi connectivity index (χ2n) is 4.74. The Morgan fingerprint density at radius 3 is 1.82 bits per heavy atom. The number of ether oxygens (including phenoxy) is 1. The molecule has 0 rings (SSSR count). The highest BCUT2D eigenvalue weighted by molar-refractivity contribution is 5.89. The van der Waals surface area contributed by atoms with Gasteiger partial charge in [-0.2, -0.15) is 26.3 Å². The minimum Gasteiger partial charge on any atom is -0.545 e. The molecule has 0 aromatic rings. The number of esters is 1. The van der Waals surface area contributed by atoms with E-state index in [9.17, 15) is 41.0 Å². The summed E-state index contributed by atoms with van der Waals surface area (Å²) in [5, 5.41) is 10.1. The van der Waals surface area contributed by atoms with Gasteiger partial charge in [0, 0.05) is 12.5 Å². The Labute approximate surface area is 121 Å². The number of rotatable bonds is 6. The lowest BCUT2D eigenvalue weighted by Crippen LogP contribution is -2.41. The molecule has 0 spiro atoms. The lowest BCUT2D eigenvalue weighted by molar-refractivity contribution is -0.297. The summed E-state index contributed by atoms with van der Waals surface area (Å²) in [6.45, 7) is 2.54. The molecule has 22 heavy (non-hydrogen) atoms. The average molecular weight is 335 g/mol. The lowest BCUT2D eigenvalue weighted by atomic mass is 9.93. The molecule has 0 fully saturated rings. The first-order chi connectivity index (χ1) is 9.75. The van der Waals surface area contributed by atoms with Gasteiger partial charge in [0.2, 0.25) is 0 Å². The molecule has 0 aromatic carbocycles. The van der Waals surface area contributed by atoms with Gasteiger partial charge in [0.05, 0.1) is 5.97 Å². The number of halogens is 6. The van der Waals surface area contributed by atoms with Gasteiger partial charge < -0.3 is 14.6 Å². The molecule has 0 amide bonds. The SMILES string of the molecule is CC(C)C(CC(C(F)(F)F)C(F)(F)F)OC(=O)/C=C/C(=O)[O-]. The number of carboxylic acids is 1. The van der Waals surface area contributed by atoms with Crippen LogP contribution in [0.4, 0.5) is 26.3 Å². The van der Waals surface area contributed by atoms with Crippen molar-refractivity contribution in [3.8, 4) is 0 Å². The number of carboxylic acid groups (broad SMARTS) is 1. The Hall–Kier alpha value is -1.74. The Morgan fingerprint density at radius 2 is 1.50 bits per heavy atom. The predicted molar refractivity (Wildman–Crippen MR) is 59.1 cm³/mol. The highest BCUT2D eigenvalue weighted by Crippen LogP contribution is 2.43. The van der Waals surface area contributed by atoms with Gasteiger partial charge in [0.1, 0.15) is 6.10 Å². The van der Waals surface area contributed by atoms with Gasteiger partial charge in [-0.15, -0.1) is 0 Å². The van der Waals surface area contributed by atoms with Gasteiger partial charge in [-0.3, -0.25) is 0 Å². The van der Waals surface area contributed by atoms with E-state index in [1.54, 1.807) is 0 Å². The lowest BCUT2D eigenvalue weighted by Gasteiger charge is -2.28. The molecule has 0 bridgehead atoms. The third-order valence-electron chi connectivity index (χ3n) is 2.62. The van der Waals surface area contributed by atoms with E-state index in [1.807, 2.05) is 0 Å². The van der Waals surface area contributed by atoms with E-state index in [2.05, 4.69) is 4.74 Å². The minimum atomic E-state index is -5.54. The van der Waals surface area contributed by atoms with E-state index in [4.69, 9.17) is 0 Å². The summed E-state index contributed by atoms with van der Waals surface area (Å²) in [6.07, 6.45) is -13.7. The topological polar surface area (TPSA) is 66.4 Å². The monoisotopic (exact) mass is 335 g/mol. The molecule has 0 saturated heterocycles.